The first-order valence-corrected chi connectivity index (χ1v) is 11.3. The van der Waals surface area contributed by atoms with E-state index in [2.05, 4.69) is 38.6 Å². The van der Waals surface area contributed by atoms with E-state index >= 15 is 0 Å². The summed E-state index contributed by atoms with van der Waals surface area (Å²) in [5, 5.41) is 17.1. The maximum absolute atomic E-state index is 12.5. The van der Waals surface area contributed by atoms with Gasteiger partial charge < -0.3 is 5.32 Å². The highest BCUT2D eigenvalue weighted by molar-refractivity contribution is 5.56. The second-order valence-electron chi connectivity index (χ2n) is 8.94. The van der Waals surface area contributed by atoms with Gasteiger partial charge in [-0.05, 0) is 80.7 Å². The lowest BCUT2D eigenvalue weighted by Gasteiger charge is -2.30. The van der Waals surface area contributed by atoms with Crippen molar-refractivity contribution in [2.45, 2.75) is 64.0 Å². The molecule has 1 fully saturated rings. The summed E-state index contributed by atoms with van der Waals surface area (Å²) in [5.74, 6) is 1.60. The van der Waals surface area contributed by atoms with Gasteiger partial charge in [0, 0.05) is 30.1 Å². The van der Waals surface area contributed by atoms with Crippen LogP contribution in [-0.2, 0) is 12.8 Å². The second-order valence-corrected chi connectivity index (χ2v) is 8.94. The zero-order valence-corrected chi connectivity index (χ0v) is 17.9. The first kappa shape index (κ1) is 19.8. The van der Waals surface area contributed by atoms with Gasteiger partial charge in [0.2, 0.25) is 0 Å². The van der Waals surface area contributed by atoms with Crippen molar-refractivity contribution in [1.82, 2.24) is 25.0 Å². The monoisotopic (exact) mass is 416 g/mol. The average molecular weight is 417 g/mol. The molecule has 0 radical (unpaired) electrons. The zero-order valence-electron chi connectivity index (χ0n) is 17.9. The average Bonchev–Trinajstić information content (AvgIpc) is 2.80. The highest BCUT2D eigenvalue weighted by atomic mass is 16.1. The highest BCUT2D eigenvalue weighted by Gasteiger charge is 2.25. The fourth-order valence-electron chi connectivity index (χ4n) is 4.80. The van der Waals surface area contributed by atoms with Crippen LogP contribution < -0.4 is 10.9 Å². The number of aromatic nitrogens is 5. The fourth-order valence-corrected chi connectivity index (χ4v) is 4.80. The maximum atomic E-state index is 12.5. The van der Waals surface area contributed by atoms with Crippen LogP contribution in [0.5, 0.6) is 0 Å². The minimum absolute atomic E-state index is 0.0428. The van der Waals surface area contributed by atoms with Gasteiger partial charge in [-0.25, -0.2) is 4.68 Å². The minimum Gasteiger partial charge on any atom is -0.366 e. The molecule has 0 aromatic carbocycles. The van der Waals surface area contributed by atoms with Crippen LogP contribution in [0.15, 0.2) is 47.5 Å². The third kappa shape index (κ3) is 4.36. The van der Waals surface area contributed by atoms with Gasteiger partial charge in [0.25, 0.3) is 5.56 Å². The Morgan fingerprint density at radius 1 is 1.06 bits per heavy atom. The molecule has 0 bridgehead atoms. The summed E-state index contributed by atoms with van der Waals surface area (Å²) in [6.07, 6.45) is 10.6. The van der Waals surface area contributed by atoms with Crippen molar-refractivity contribution in [1.29, 1.82) is 0 Å². The maximum Gasteiger partial charge on any atom is 0.267 e. The number of fused-ring (bicyclic) bond motifs is 1. The van der Waals surface area contributed by atoms with Gasteiger partial charge in [-0.3, -0.25) is 9.78 Å². The Labute approximate surface area is 182 Å². The molecule has 1 atom stereocenters. The number of nitrogens with zero attached hydrogens (tertiary/aromatic N) is 5. The molecule has 1 unspecified atom stereocenters. The van der Waals surface area contributed by atoms with Crippen molar-refractivity contribution < 1.29 is 0 Å². The van der Waals surface area contributed by atoms with E-state index < -0.39 is 0 Å². The number of aryl methyl sites for hydroxylation is 1. The first-order chi connectivity index (χ1) is 15.2. The molecule has 0 aliphatic heterocycles. The molecule has 0 amide bonds. The quantitative estimate of drug-likeness (QED) is 0.696. The highest BCUT2D eigenvalue weighted by Crippen LogP contribution is 2.30. The van der Waals surface area contributed by atoms with Gasteiger partial charge in [-0.1, -0.05) is 6.92 Å². The number of anilines is 1. The lowest BCUT2D eigenvalue weighted by Crippen LogP contribution is -2.33. The van der Waals surface area contributed by atoms with Crippen molar-refractivity contribution in [3.8, 4) is 11.3 Å². The lowest BCUT2D eigenvalue weighted by molar-refractivity contribution is 0.304. The fraction of sp³-hybridized carbons (Fsp3) is 0.458. The van der Waals surface area contributed by atoms with Crippen molar-refractivity contribution in [3.05, 3.63) is 64.3 Å². The molecular formula is C24H28N6O. The predicted molar refractivity (Wildman–Crippen MR) is 120 cm³/mol. The zero-order chi connectivity index (χ0) is 21.2. The van der Waals surface area contributed by atoms with E-state index in [4.69, 9.17) is 0 Å². The van der Waals surface area contributed by atoms with Crippen LogP contribution in [-0.4, -0.2) is 31.0 Å². The van der Waals surface area contributed by atoms with Crippen LogP contribution in [0.4, 0.5) is 5.82 Å². The van der Waals surface area contributed by atoms with E-state index in [1.54, 1.807) is 29.2 Å². The largest absolute Gasteiger partial charge is 0.366 e. The molecule has 160 valence electrons. The molecule has 0 spiro atoms. The standard InChI is InChI=1S/C24H28N6O/c1-16-4-9-21-18(13-16)14-23(28-27-21)26-19-5-7-20(8-6-19)30-24(31)11-10-22(29-30)17-3-2-12-25-15-17/h2-3,10-12,14-16,19-20H,4-9,13H2,1H3,(H,26,28). The van der Waals surface area contributed by atoms with Crippen molar-refractivity contribution in [3.63, 3.8) is 0 Å². The summed E-state index contributed by atoms with van der Waals surface area (Å²) in [4.78, 5) is 16.6. The number of pyridine rings is 1. The van der Waals surface area contributed by atoms with Crippen LogP contribution >= 0.6 is 0 Å². The molecule has 1 saturated carbocycles. The van der Waals surface area contributed by atoms with E-state index in [0.717, 1.165) is 61.3 Å². The predicted octanol–water partition coefficient (Wildman–Crippen LogP) is 3.82. The van der Waals surface area contributed by atoms with Gasteiger partial charge in [0.1, 0.15) is 5.82 Å². The summed E-state index contributed by atoms with van der Waals surface area (Å²) in [6, 6.07) is 9.90. The van der Waals surface area contributed by atoms with Crippen LogP contribution in [0.25, 0.3) is 11.3 Å². The molecule has 3 heterocycles. The van der Waals surface area contributed by atoms with E-state index in [-0.39, 0.29) is 11.6 Å². The summed E-state index contributed by atoms with van der Waals surface area (Å²) >= 11 is 0. The molecule has 3 aromatic rings. The van der Waals surface area contributed by atoms with E-state index in [9.17, 15) is 4.79 Å². The van der Waals surface area contributed by atoms with Crippen LogP contribution in [0, 0.1) is 5.92 Å². The van der Waals surface area contributed by atoms with E-state index in [1.165, 1.54) is 12.0 Å². The van der Waals surface area contributed by atoms with Crippen LogP contribution in [0.1, 0.15) is 56.3 Å². The molecule has 2 aliphatic rings. The Morgan fingerprint density at radius 2 is 1.94 bits per heavy atom. The number of rotatable bonds is 4. The SMILES string of the molecule is CC1CCc2nnc(NC3CCC(n4nc(-c5cccnc5)ccc4=O)CC3)cc2C1. The third-order valence-corrected chi connectivity index (χ3v) is 6.58. The molecular weight excluding hydrogens is 388 g/mol. The molecule has 1 N–H and O–H groups in total. The number of hydrogen-bond donors (Lipinski definition) is 1. The molecule has 31 heavy (non-hydrogen) atoms. The Hall–Kier alpha value is -3.09. The van der Waals surface area contributed by atoms with E-state index in [1.807, 2.05) is 12.1 Å². The van der Waals surface area contributed by atoms with Gasteiger partial charge in [0.15, 0.2) is 0 Å². The second kappa shape index (κ2) is 8.57. The number of hydrogen-bond acceptors (Lipinski definition) is 6. The summed E-state index contributed by atoms with van der Waals surface area (Å²) in [7, 11) is 0. The molecule has 0 saturated heterocycles. The molecule has 5 rings (SSSR count). The normalized spacial score (nSPS) is 23.2. The van der Waals surface area contributed by atoms with Crippen molar-refractivity contribution in [2.75, 3.05) is 5.32 Å². The third-order valence-electron chi connectivity index (χ3n) is 6.58. The van der Waals surface area contributed by atoms with Crippen LogP contribution in [0.2, 0.25) is 0 Å². The van der Waals surface area contributed by atoms with Crippen molar-refractivity contribution in [2.24, 2.45) is 5.92 Å². The Balaban J connectivity index is 1.25. The van der Waals surface area contributed by atoms with Gasteiger partial charge in [-0.15, -0.1) is 5.10 Å². The van der Waals surface area contributed by atoms with E-state index in [0.29, 0.717) is 12.0 Å². The topological polar surface area (TPSA) is 85.6 Å². The summed E-state index contributed by atoms with van der Waals surface area (Å²) in [5.41, 5.74) is 4.16. The Bertz CT molecular complexity index is 1100. The van der Waals surface area contributed by atoms with Crippen molar-refractivity contribution >= 4 is 5.82 Å². The molecule has 2 aliphatic carbocycles. The van der Waals surface area contributed by atoms with Crippen LogP contribution in [0.3, 0.4) is 0 Å². The summed E-state index contributed by atoms with van der Waals surface area (Å²) in [6.45, 7) is 2.30. The Kier molecular flexibility index (Phi) is 5.49. The lowest BCUT2D eigenvalue weighted by atomic mass is 9.88. The minimum atomic E-state index is -0.0428. The smallest absolute Gasteiger partial charge is 0.267 e. The summed E-state index contributed by atoms with van der Waals surface area (Å²) < 4.78 is 1.67. The van der Waals surface area contributed by atoms with Gasteiger partial charge in [-0.2, -0.15) is 10.2 Å². The van der Waals surface area contributed by atoms with Gasteiger partial charge >= 0.3 is 0 Å². The first-order valence-electron chi connectivity index (χ1n) is 11.3. The Morgan fingerprint density at radius 3 is 2.74 bits per heavy atom. The number of nitrogens with one attached hydrogen (secondary N) is 1. The molecule has 7 heteroatoms. The van der Waals surface area contributed by atoms with Gasteiger partial charge in [0.05, 0.1) is 17.4 Å². The molecule has 7 nitrogen and oxygen atoms in total. The molecule has 3 aromatic heterocycles.